The van der Waals surface area contributed by atoms with E-state index in [0.29, 0.717) is 57.1 Å². The molecular formula is C32H50N4O6. The maximum absolute atomic E-state index is 13.8. The molecule has 3 heterocycles. The lowest BCUT2D eigenvalue weighted by molar-refractivity contribution is -0.144. The Labute approximate surface area is 250 Å². The van der Waals surface area contributed by atoms with Crippen molar-refractivity contribution in [2.24, 2.45) is 11.3 Å². The fourth-order valence-electron chi connectivity index (χ4n) is 6.72. The van der Waals surface area contributed by atoms with Gasteiger partial charge in [0.25, 0.3) is 0 Å². The second kappa shape index (κ2) is 14.1. The lowest BCUT2D eigenvalue weighted by Gasteiger charge is -2.31. The van der Waals surface area contributed by atoms with Crippen molar-refractivity contribution in [3.63, 3.8) is 0 Å². The van der Waals surface area contributed by atoms with Crippen molar-refractivity contribution in [1.29, 1.82) is 0 Å². The van der Waals surface area contributed by atoms with Crippen molar-refractivity contribution < 1.29 is 29.0 Å². The molecule has 10 heteroatoms. The molecule has 3 aliphatic rings. The molecule has 1 N–H and O–H groups in total. The highest BCUT2D eigenvalue weighted by Gasteiger charge is 2.48. The summed E-state index contributed by atoms with van der Waals surface area (Å²) in [6.07, 6.45) is 4.89. The number of carbonyl (C=O) groups excluding carboxylic acids is 2. The van der Waals surface area contributed by atoms with Gasteiger partial charge in [0.2, 0.25) is 18.6 Å². The van der Waals surface area contributed by atoms with Crippen LogP contribution in [0.25, 0.3) is 0 Å². The van der Waals surface area contributed by atoms with Crippen molar-refractivity contribution in [1.82, 2.24) is 19.6 Å². The highest BCUT2D eigenvalue weighted by Crippen LogP contribution is 2.43. The van der Waals surface area contributed by atoms with Crippen molar-refractivity contribution in [2.75, 3.05) is 66.7 Å². The number of carbonyl (C=O) groups is 3. The zero-order valence-electron chi connectivity index (χ0n) is 26.1. The number of likely N-dealkylation sites (tertiary alicyclic amines) is 2. The number of carboxylic acid groups (broad SMARTS) is 1. The summed E-state index contributed by atoms with van der Waals surface area (Å²) in [5, 5.41) is 10.5. The number of fused-ring (bicyclic) bond motifs is 1. The largest absolute Gasteiger partial charge is 0.481 e. The lowest BCUT2D eigenvalue weighted by Crippen LogP contribution is -2.46. The molecule has 0 saturated carbocycles. The molecule has 4 rings (SSSR count). The van der Waals surface area contributed by atoms with Crippen molar-refractivity contribution in [3.05, 3.63) is 23.8 Å². The normalized spacial score (nSPS) is 23.2. The third kappa shape index (κ3) is 7.95. The maximum Gasteiger partial charge on any atom is 0.308 e. The summed E-state index contributed by atoms with van der Waals surface area (Å²) in [6.45, 7) is 10.6. The first-order chi connectivity index (χ1) is 20.0. The summed E-state index contributed by atoms with van der Waals surface area (Å²) < 4.78 is 11.1. The molecule has 0 aliphatic carbocycles. The summed E-state index contributed by atoms with van der Waals surface area (Å²) >= 11 is 0. The molecule has 2 saturated heterocycles. The Hall–Kier alpha value is -2.85. The first-order valence-corrected chi connectivity index (χ1v) is 15.6. The first-order valence-electron chi connectivity index (χ1n) is 15.6. The van der Waals surface area contributed by atoms with Crippen LogP contribution in [0.15, 0.2) is 18.2 Å². The van der Waals surface area contributed by atoms with Gasteiger partial charge in [0.1, 0.15) is 0 Å². The Morgan fingerprint density at radius 1 is 1.07 bits per heavy atom. The van der Waals surface area contributed by atoms with Crippen LogP contribution in [0.2, 0.25) is 0 Å². The van der Waals surface area contributed by atoms with E-state index >= 15 is 0 Å². The number of rotatable bonds is 15. The zero-order valence-corrected chi connectivity index (χ0v) is 26.1. The van der Waals surface area contributed by atoms with Gasteiger partial charge >= 0.3 is 5.97 Å². The van der Waals surface area contributed by atoms with Gasteiger partial charge in [-0.2, -0.15) is 0 Å². The van der Waals surface area contributed by atoms with E-state index in [0.717, 1.165) is 37.8 Å². The van der Waals surface area contributed by atoms with Crippen LogP contribution in [-0.2, 0) is 14.4 Å². The summed E-state index contributed by atoms with van der Waals surface area (Å²) in [5.41, 5.74) is 0.784. The molecule has 0 bridgehead atoms. The molecule has 234 valence electrons. The Morgan fingerprint density at radius 2 is 1.79 bits per heavy atom. The lowest BCUT2D eigenvalue weighted by atomic mass is 9.84. The Bertz CT molecular complexity index is 1110. The highest BCUT2D eigenvalue weighted by atomic mass is 16.7. The molecule has 2 amide bonds. The van der Waals surface area contributed by atoms with Crippen LogP contribution in [0.3, 0.4) is 0 Å². The highest BCUT2D eigenvalue weighted by molar-refractivity contribution is 5.80. The monoisotopic (exact) mass is 586 g/mol. The molecule has 2 fully saturated rings. The molecule has 0 aromatic heterocycles. The van der Waals surface area contributed by atoms with E-state index in [1.807, 2.05) is 28.0 Å². The minimum atomic E-state index is -0.878. The predicted octanol–water partition coefficient (Wildman–Crippen LogP) is 3.50. The van der Waals surface area contributed by atoms with E-state index in [1.54, 1.807) is 0 Å². The third-order valence-corrected chi connectivity index (χ3v) is 8.91. The summed E-state index contributed by atoms with van der Waals surface area (Å²) in [4.78, 5) is 47.4. The van der Waals surface area contributed by atoms with Crippen molar-refractivity contribution in [3.8, 4) is 11.5 Å². The predicted molar refractivity (Wildman–Crippen MR) is 161 cm³/mol. The standard InChI is InChI=1S/C32H50N4O6/c1-6-7-14-34(15-9-8-13-33(4)5)29(38)20-36-19-24(23-10-11-26-27(17-23)42-22-41-26)30(31(39)40)25(36)12-16-35-21-32(2,3)18-28(35)37/h10-11,17,24-25,30H,6-9,12-16,18-22H2,1-5H3,(H,39,40). The maximum atomic E-state index is 13.8. The molecule has 0 spiro atoms. The van der Waals surface area contributed by atoms with Gasteiger partial charge in [-0.15, -0.1) is 0 Å². The van der Waals surface area contributed by atoms with Crippen molar-refractivity contribution in [2.45, 2.75) is 71.3 Å². The van der Waals surface area contributed by atoms with E-state index in [-0.39, 0.29) is 42.5 Å². The van der Waals surface area contributed by atoms with E-state index in [9.17, 15) is 19.5 Å². The number of nitrogens with zero attached hydrogens (tertiary/aromatic N) is 4. The fourth-order valence-corrected chi connectivity index (χ4v) is 6.72. The summed E-state index contributed by atoms with van der Waals surface area (Å²) in [5.74, 6) is -0.468. The van der Waals surface area contributed by atoms with E-state index in [1.165, 1.54) is 0 Å². The first kappa shape index (κ1) is 32.1. The number of unbranched alkanes of at least 4 members (excludes halogenated alkanes) is 2. The van der Waals surface area contributed by atoms with Gasteiger partial charge in [-0.25, -0.2) is 0 Å². The molecule has 10 nitrogen and oxygen atoms in total. The zero-order chi connectivity index (χ0) is 30.4. The van der Waals surface area contributed by atoms with Crippen LogP contribution in [0, 0.1) is 11.3 Å². The van der Waals surface area contributed by atoms with Gasteiger partial charge in [-0.05, 0) is 69.4 Å². The number of ether oxygens (including phenoxy) is 2. The van der Waals surface area contributed by atoms with Gasteiger partial charge in [0, 0.05) is 51.1 Å². The number of aliphatic carboxylic acids is 1. The smallest absolute Gasteiger partial charge is 0.308 e. The number of hydrogen-bond donors (Lipinski definition) is 1. The number of carboxylic acids is 1. The molecule has 42 heavy (non-hydrogen) atoms. The molecular weight excluding hydrogens is 536 g/mol. The summed E-state index contributed by atoms with van der Waals surface area (Å²) in [7, 11) is 4.11. The SMILES string of the molecule is CCCCN(CCCCN(C)C)C(=O)CN1CC(c2ccc3c(c2)OCO3)C(C(=O)O)C1CCN1CC(C)(C)CC1=O. The quantitative estimate of drug-likeness (QED) is 0.312. The fraction of sp³-hybridized carbons (Fsp3) is 0.719. The van der Waals surface area contributed by atoms with Gasteiger partial charge in [-0.3, -0.25) is 19.3 Å². The molecule has 3 atom stereocenters. The van der Waals surface area contributed by atoms with Crippen LogP contribution >= 0.6 is 0 Å². The van der Waals surface area contributed by atoms with Crippen LogP contribution in [-0.4, -0.2) is 115 Å². The Morgan fingerprint density at radius 3 is 2.45 bits per heavy atom. The topological polar surface area (TPSA) is 103 Å². The van der Waals surface area contributed by atoms with Gasteiger partial charge in [0.05, 0.1) is 12.5 Å². The van der Waals surface area contributed by atoms with Crippen LogP contribution in [0.5, 0.6) is 11.5 Å². The van der Waals surface area contributed by atoms with Crippen LogP contribution < -0.4 is 9.47 Å². The molecule has 1 aromatic carbocycles. The van der Waals surface area contributed by atoms with Crippen LogP contribution in [0.4, 0.5) is 0 Å². The van der Waals surface area contributed by atoms with E-state index in [2.05, 4.69) is 44.7 Å². The molecule has 0 radical (unpaired) electrons. The van der Waals surface area contributed by atoms with Gasteiger partial charge in [-0.1, -0.05) is 33.3 Å². The molecule has 3 unspecified atom stereocenters. The van der Waals surface area contributed by atoms with E-state index < -0.39 is 11.9 Å². The molecule has 1 aromatic rings. The second-order valence-corrected chi connectivity index (χ2v) is 13.3. The number of amides is 2. The van der Waals surface area contributed by atoms with Gasteiger partial charge < -0.3 is 29.3 Å². The minimum Gasteiger partial charge on any atom is -0.481 e. The van der Waals surface area contributed by atoms with Crippen molar-refractivity contribution >= 4 is 17.8 Å². The van der Waals surface area contributed by atoms with E-state index in [4.69, 9.17) is 9.47 Å². The van der Waals surface area contributed by atoms with Crippen LogP contribution in [0.1, 0.15) is 70.8 Å². The Balaban J connectivity index is 1.54. The minimum absolute atomic E-state index is 0.0483. The number of benzene rings is 1. The van der Waals surface area contributed by atoms with Gasteiger partial charge in [0.15, 0.2) is 11.5 Å². The average molecular weight is 587 g/mol. The number of hydrogen-bond acceptors (Lipinski definition) is 7. The third-order valence-electron chi connectivity index (χ3n) is 8.91. The second-order valence-electron chi connectivity index (χ2n) is 13.3. The Kier molecular flexibility index (Phi) is 10.8. The average Bonchev–Trinajstić information content (AvgIpc) is 3.60. The molecule has 3 aliphatic heterocycles. The summed E-state index contributed by atoms with van der Waals surface area (Å²) in [6, 6.07) is 5.27.